The number of carbonyl (C=O) groups is 1. The summed E-state index contributed by atoms with van der Waals surface area (Å²) in [5.74, 6) is -0.358. The summed E-state index contributed by atoms with van der Waals surface area (Å²) in [5, 5.41) is 22.0. The summed E-state index contributed by atoms with van der Waals surface area (Å²) in [5.41, 5.74) is 0.907. The second-order valence-electron chi connectivity index (χ2n) is 5.32. The minimum absolute atomic E-state index is 0.159. The van der Waals surface area contributed by atoms with Crippen LogP contribution in [0.4, 0.5) is 11.6 Å². The minimum atomic E-state index is -0.626. The van der Waals surface area contributed by atoms with Crippen LogP contribution < -0.4 is 5.32 Å². The summed E-state index contributed by atoms with van der Waals surface area (Å²) < 4.78 is 2.81. The molecule has 1 amide bonds. The summed E-state index contributed by atoms with van der Waals surface area (Å²) in [6, 6.07) is 8.14. The number of amides is 1. The van der Waals surface area contributed by atoms with Crippen molar-refractivity contribution >= 4 is 40.7 Å². The third kappa shape index (κ3) is 4.38. The summed E-state index contributed by atoms with van der Waals surface area (Å²) in [6.07, 6.45) is 3.07. The average Bonchev–Trinajstić information content (AvgIpc) is 3.21. The molecular weight excluding hydrogens is 383 g/mol. The van der Waals surface area contributed by atoms with Crippen LogP contribution in [-0.2, 0) is 17.9 Å². The van der Waals surface area contributed by atoms with Crippen molar-refractivity contribution in [1.82, 2.24) is 19.6 Å². The maximum Gasteiger partial charge on any atom is 0.389 e. The van der Waals surface area contributed by atoms with Crippen molar-refractivity contribution in [3.8, 4) is 0 Å². The molecule has 0 aliphatic carbocycles. The number of anilines is 1. The van der Waals surface area contributed by atoms with E-state index in [1.54, 1.807) is 29.1 Å². The summed E-state index contributed by atoms with van der Waals surface area (Å²) in [6.45, 7) is 0.297. The van der Waals surface area contributed by atoms with E-state index in [1.165, 1.54) is 16.9 Å². The van der Waals surface area contributed by atoms with E-state index in [2.05, 4.69) is 15.5 Å². The topological polar surface area (TPSA) is 108 Å². The van der Waals surface area contributed by atoms with Crippen LogP contribution >= 0.6 is 23.2 Å². The van der Waals surface area contributed by atoms with E-state index in [9.17, 15) is 14.9 Å². The van der Waals surface area contributed by atoms with Crippen molar-refractivity contribution in [2.45, 2.75) is 13.1 Å². The number of hydrogen-bond donors (Lipinski definition) is 1. The average molecular weight is 395 g/mol. The minimum Gasteiger partial charge on any atom is -0.358 e. The maximum atomic E-state index is 12.0. The lowest BCUT2D eigenvalue weighted by Crippen LogP contribution is -2.19. The lowest BCUT2D eigenvalue weighted by molar-refractivity contribution is -0.389. The number of rotatable bonds is 6. The van der Waals surface area contributed by atoms with Crippen LogP contribution in [0.3, 0.4) is 0 Å². The normalized spacial score (nSPS) is 10.7. The molecule has 0 fully saturated rings. The fourth-order valence-electron chi connectivity index (χ4n) is 2.21. The van der Waals surface area contributed by atoms with Gasteiger partial charge >= 0.3 is 5.82 Å². The quantitative estimate of drug-likeness (QED) is 0.510. The molecule has 1 N–H and O–H groups in total. The zero-order chi connectivity index (χ0) is 18.7. The lowest BCUT2D eigenvalue weighted by Gasteiger charge is -2.04. The molecule has 0 unspecified atom stereocenters. The van der Waals surface area contributed by atoms with Gasteiger partial charge in [-0.25, -0.2) is 0 Å². The largest absolute Gasteiger partial charge is 0.389 e. The number of benzene rings is 1. The molecular formula is C15H12Cl2N6O3. The number of aromatic nitrogens is 4. The molecule has 0 bridgehead atoms. The highest BCUT2D eigenvalue weighted by Gasteiger charge is 2.14. The Balaban J connectivity index is 1.59. The van der Waals surface area contributed by atoms with Gasteiger partial charge in [0.2, 0.25) is 5.91 Å². The molecule has 0 saturated carbocycles. The van der Waals surface area contributed by atoms with Gasteiger partial charge in [-0.3, -0.25) is 9.48 Å². The van der Waals surface area contributed by atoms with E-state index >= 15 is 0 Å². The van der Waals surface area contributed by atoms with Gasteiger partial charge < -0.3 is 15.4 Å². The van der Waals surface area contributed by atoms with Gasteiger partial charge in [-0.2, -0.15) is 9.78 Å². The molecule has 2 heterocycles. The number of hydrogen-bond acceptors (Lipinski definition) is 5. The van der Waals surface area contributed by atoms with Crippen LogP contribution in [0.15, 0.2) is 42.7 Å². The maximum absolute atomic E-state index is 12.0. The number of nitrogens with one attached hydrogen (secondary N) is 1. The first-order chi connectivity index (χ1) is 12.4. The van der Waals surface area contributed by atoms with Gasteiger partial charge in [0.15, 0.2) is 5.82 Å². The highest BCUT2D eigenvalue weighted by molar-refractivity contribution is 6.42. The Morgan fingerprint density at radius 1 is 1.12 bits per heavy atom. The van der Waals surface area contributed by atoms with Gasteiger partial charge in [0.1, 0.15) is 6.54 Å². The fourth-order valence-corrected chi connectivity index (χ4v) is 2.53. The molecule has 0 atom stereocenters. The Morgan fingerprint density at radius 2 is 1.88 bits per heavy atom. The highest BCUT2D eigenvalue weighted by Crippen LogP contribution is 2.23. The highest BCUT2D eigenvalue weighted by atomic mass is 35.5. The Morgan fingerprint density at radius 3 is 2.58 bits per heavy atom. The Kier molecular flexibility index (Phi) is 5.19. The first-order valence-corrected chi connectivity index (χ1v) is 8.11. The van der Waals surface area contributed by atoms with Crippen molar-refractivity contribution in [3.05, 3.63) is 68.4 Å². The van der Waals surface area contributed by atoms with Gasteiger partial charge in [-0.15, -0.1) is 0 Å². The van der Waals surface area contributed by atoms with Crippen molar-refractivity contribution in [2.75, 3.05) is 5.32 Å². The van der Waals surface area contributed by atoms with E-state index in [0.29, 0.717) is 22.4 Å². The predicted octanol–water partition coefficient (Wildman–Crippen LogP) is 2.98. The van der Waals surface area contributed by atoms with E-state index in [0.717, 1.165) is 5.56 Å². The van der Waals surface area contributed by atoms with Crippen LogP contribution in [-0.4, -0.2) is 30.4 Å². The fraction of sp³-hybridized carbons (Fsp3) is 0.133. The number of carbonyl (C=O) groups excluding carboxylic acids is 1. The summed E-state index contributed by atoms with van der Waals surface area (Å²) in [4.78, 5) is 21.9. The standard InChI is InChI=1S/C15H12Cl2N6O3/c16-11-2-1-10(7-12(11)17)8-21-5-3-13(19-21)18-15(24)9-22-6-4-14(20-22)23(25)26/h1-7H,8-9H2,(H,18,19,24). The van der Waals surface area contributed by atoms with Gasteiger partial charge in [0.25, 0.3) is 0 Å². The predicted molar refractivity (Wildman–Crippen MR) is 95.3 cm³/mol. The van der Waals surface area contributed by atoms with Crippen LogP contribution in [0.25, 0.3) is 0 Å². The molecule has 26 heavy (non-hydrogen) atoms. The monoisotopic (exact) mass is 394 g/mol. The van der Waals surface area contributed by atoms with Gasteiger partial charge in [-0.05, 0) is 22.6 Å². The van der Waals surface area contributed by atoms with Crippen molar-refractivity contribution in [2.24, 2.45) is 0 Å². The number of nitro groups is 1. The molecule has 0 aliphatic rings. The van der Waals surface area contributed by atoms with Gasteiger partial charge in [-0.1, -0.05) is 29.3 Å². The zero-order valence-corrected chi connectivity index (χ0v) is 14.7. The molecule has 3 aromatic rings. The Labute approximate surface area is 157 Å². The third-order valence-corrected chi connectivity index (χ3v) is 4.10. The molecule has 1 aromatic carbocycles. The molecule has 2 aromatic heterocycles. The van der Waals surface area contributed by atoms with E-state index in [-0.39, 0.29) is 12.4 Å². The second kappa shape index (κ2) is 7.54. The smallest absolute Gasteiger partial charge is 0.358 e. The van der Waals surface area contributed by atoms with Gasteiger partial charge in [0.05, 0.1) is 34.0 Å². The van der Waals surface area contributed by atoms with Gasteiger partial charge in [0, 0.05) is 12.3 Å². The van der Waals surface area contributed by atoms with Crippen LogP contribution in [0.5, 0.6) is 0 Å². The molecule has 3 rings (SSSR count). The van der Waals surface area contributed by atoms with E-state index in [1.807, 2.05) is 6.07 Å². The molecule has 0 aliphatic heterocycles. The SMILES string of the molecule is O=C(Cn1ccc([N+](=O)[O-])n1)Nc1ccn(Cc2ccc(Cl)c(Cl)c2)n1. The van der Waals surface area contributed by atoms with E-state index < -0.39 is 10.8 Å². The van der Waals surface area contributed by atoms with Crippen molar-refractivity contribution in [1.29, 1.82) is 0 Å². The molecule has 0 saturated heterocycles. The van der Waals surface area contributed by atoms with Crippen LogP contribution in [0, 0.1) is 10.1 Å². The van der Waals surface area contributed by atoms with Crippen molar-refractivity contribution in [3.63, 3.8) is 0 Å². The lowest BCUT2D eigenvalue weighted by atomic mass is 10.2. The molecule has 0 radical (unpaired) electrons. The molecule has 11 heteroatoms. The second-order valence-corrected chi connectivity index (χ2v) is 6.14. The number of halogens is 2. The Hall–Kier alpha value is -2.91. The third-order valence-electron chi connectivity index (χ3n) is 3.36. The number of nitrogens with zero attached hydrogens (tertiary/aromatic N) is 5. The summed E-state index contributed by atoms with van der Waals surface area (Å²) in [7, 11) is 0. The van der Waals surface area contributed by atoms with Crippen LogP contribution in [0.2, 0.25) is 10.0 Å². The molecule has 9 nitrogen and oxygen atoms in total. The first kappa shape index (κ1) is 17.9. The first-order valence-electron chi connectivity index (χ1n) is 7.36. The van der Waals surface area contributed by atoms with Crippen molar-refractivity contribution < 1.29 is 9.72 Å². The Bertz CT molecular complexity index is 968. The molecule has 0 spiro atoms. The zero-order valence-electron chi connectivity index (χ0n) is 13.2. The van der Waals surface area contributed by atoms with E-state index in [4.69, 9.17) is 23.2 Å². The molecule has 134 valence electrons. The van der Waals surface area contributed by atoms with Crippen LogP contribution in [0.1, 0.15) is 5.56 Å². The summed E-state index contributed by atoms with van der Waals surface area (Å²) >= 11 is 11.9.